The Bertz CT molecular complexity index is 690. The molecule has 0 unspecified atom stereocenters. The number of pyridine rings is 1. The first-order chi connectivity index (χ1) is 10.8. The molecule has 4 heteroatoms. The van der Waals surface area contributed by atoms with E-state index in [0.29, 0.717) is 0 Å². The van der Waals surface area contributed by atoms with Crippen molar-refractivity contribution in [3.8, 4) is 16.8 Å². The molecule has 1 aromatic carbocycles. The van der Waals surface area contributed by atoms with Gasteiger partial charge in [0, 0.05) is 25.6 Å². The third-order valence-corrected chi connectivity index (χ3v) is 2.96. The molecule has 0 fully saturated rings. The van der Waals surface area contributed by atoms with Gasteiger partial charge in [-0.05, 0) is 41.5 Å². The second kappa shape index (κ2) is 7.98. The molecule has 1 N–H and O–H groups in total. The SMILES string of the molecule is CCC.CNc1cc(-c2cccc(-n3cccn3)c2)ccn1. The van der Waals surface area contributed by atoms with Gasteiger partial charge in [0.05, 0.1) is 5.69 Å². The summed E-state index contributed by atoms with van der Waals surface area (Å²) >= 11 is 0. The summed E-state index contributed by atoms with van der Waals surface area (Å²) in [5, 5.41) is 7.30. The molecule has 2 heterocycles. The highest BCUT2D eigenvalue weighted by molar-refractivity contribution is 5.68. The van der Waals surface area contributed by atoms with Crippen LogP contribution in [0.3, 0.4) is 0 Å². The first-order valence-corrected chi connectivity index (χ1v) is 7.52. The summed E-state index contributed by atoms with van der Waals surface area (Å²) in [7, 11) is 1.87. The number of hydrogen-bond donors (Lipinski definition) is 1. The maximum Gasteiger partial charge on any atom is 0.126 e. The van der Waals surface area contributed by atoms with Crippen LogP contribution in [0, 0.1) is 0 Å². The first kappa shape index (κ1) is 15.8. The van der Waals surface area contributed by atoms with Crippen LogP contribution in [0.25, 0.3) is 16.8 Å². The van der Waals surface area contributed by atoms with Crippen LogP contribution in [0.1, 0.15) is 20.3 Å². The van der Waals surface area contributed by atoms with Crippen LogP contribution in [0.15, 0.2) is 61.1 Å². The van der Waals surface area contributed by atoms with Gasteiger partial charge in [-0.25, -0.2) is 9.67 Å². The average molecular weight is 294 g/mol. The normalized spacial score (nSPS) is 9.77. The second-order valence-electron chi connectivity index (χ2n) is 4.89. The molecule has 0 spiro atoms. The highest BCUT2D eigenvalue weighted by atomic mass is 15.3. The van der Waals surface area contributed by atoms with Crippen molar-refractivity contribution in [2.24, 2.45) is 0 Å². The zero-order valence-electron chi connectivity index (χ0n) is 13.3. The maximum absolute atomic E-state index is 4.25. The van der Waals surface area contributed by atoms with Crippen molar-refractivity contribution in [3.05, 3.63) is 61.1 Å². The fourth-order valence-corrected chi connectivity index (χ4v) is 2.00. The lowest BCUT2D eigenvalue weighted by atomic mass is 10.1. The third-order valence-electron chi connectivity index (χ3n) is 2.96. The molecule has 0 amide bonds. The summed E-state index contributed by atoms with van der Waals surface area (Å²) in [4.78, 5) is 4.23. The number of aromatic nitrogens is 3. The molecule has 3 aromatic rings. The second-order valence-corrected chi connectivity index (χ2v) is 4.89. The average Bonchev–Trinajstić information content (AvgIpc) is 3.10. The number of rotatable bonds is 3. The Balaban J connectivity index is 0.000000545. The van der Waals surface area contributed by atoms with E-state index in [2.05, 4.69) is 41.4 Å². The zero-order chi connectivity index (χ0) is 15.8. The van der Waals surface area contributed by atoms with Gasteiger partial charge in [0.15, 0.2) is 0 Å². The molecule has 0 bridgehead atoms. The van der Waals surface area contributed by atoms with E-state index in [0.717, 1.165) is 22.6 Å². The molecule has 0 atom stereocenters. The fraction of sp³-hybridized carbons (Fsp3) is 0.222. The van der Waals surface area contributed by atoms with Crippen molar-refractivity contribution < 1.29 is 0 Å². The minimum absolute atomic E-state index is 0.863. The van der Waals surface area contributed by atoms with Crippen molar-refractivity contribution in [2.45, 2.75) is 20.3 Å². The quantitative estimate of drug-likeness (QED) is 0.779. The Hall–Kier alpha value is -2.62. The lowest BCUT2D eigenvalue weighted by molar-refractivity contribution is 0.881. The fourth-order valence-electron chi connectivity index (χ4n) is 2.00. The van der Waals surface area contributed by atoms with E-state index in [1.165, 1.54) is 6.42 Å². The number of hydrogen-bond acceptors (Lipinski definition) is 3. The lowest BCUT2D eigenvalue weighted by Gasteiger charge is -2.07. The molecule has 0 aliphatic carbocycles. The molecule has 0 radical (unpaired) electrons. The van der Waals surface area contributed by atoms with E-state index in [1.54, 1.807) is 6.20 Å². The van der Waals surface area contributed by atoms with Gasteiger partial charge in [0.2, 0.25) is 0 Å². The number of benzene rings is 1. The van der Waals surface area contributed by atoms with E-state index in [-0.39, 0.29) is 0 Å². The Morgan fingerprint density at radius 3 is 2.45 bits per heavy atom. The molecular formula is C18H22N4. The Morgan fingerprint density at radius 2 is 1.77 bits per heavy atom. The van der Waals surface area contributed by atoms with E-state index in [4.69, 9.17) is 0 Å². The van der Waals surface area contributed by atoms with Crippen LogP contribution in [-0.4, -0.2) is 21.8 Å². The van der Waals surface area contributed by atoms with Gasteiger partial charge >= 0.3 is 0 Å². The van der Waals surface area contributed by atoms with Gasteiger partial charge in [-0.15, -0.1) is 0 Å². The van der Waals surface area contributed by atoms with Crippen LogP contribution < -0.4 is 5.32 Å². The summed E-state index contributed by atoms with van der Waals surface area (Å²) < 4.78 is 1.85. The minimum atomic E-state index is 0.863. The molecule has 0 aliphatic rings. The summed E-state index contributed by atoms with van der Waals surface area (Å²) in [6.45, 7) is 4.25. The Labute approximate surface area is 131 Å². The zero-order valence-corrected chi connectivity index (χ0v) is 13.3. The number of anilines is 1. The molecule has 22 heavy (non-hydrogen) atoms. The molecule has 4 nitrogen and oxygen atoms in total. The first-order valence-electron chi connectivity index (χ1n) is 7.52. The molecular weight excluding hydrogens is 272 g/mol. The van der Waals surface area contributed by atoms with Crippen LogP contribution in [0.5, 0.6) is 0 Å². The molecule has 0 aliphatic heterocycles. The van der Waals surface area contributed by atoms with Gasteiger partial charge in [-0.2, -0.15) is 5.10 Å². The summed E-state index contributed by atoms with van der Waals surface area (Å²) in [6.07, 6.45) is 6.77. The van der Waals surface area contributed by atoms with E-state index in [1.807, 2.05) is 54.5 Å². The molecule has 0 saturated heterocycles. The van der Waals surface area contributed by atoms with Gasteiger partial charge < -0.3 is 5.32 Å². The molecule has 0 saturated carbocycles. The van der Waals surface area contributed by atoms with Crippen molar-refractivity contribution in [2.75, 3.05) is 12.4 Å². The largest absolute Gasteiger partial charge is 0.373 e. The maximum atomic E-state index is 4.25. The number of nitrogens with one attached hydrogen (secondary N) is 1. The van der Waals surface area contributed by atoms with E-state index >= 15 is 0 Å². The van der Waals surface area contributed by atoms with E-state index < -0.39 is 0 Å². The number of nitrogens with zero attached hydrogens (tertiary/aromatic N) is 3. The van der Waals surface area contributed by atoms with Gasteiger partial charge in [-0.3, -0.25) is 0 Å². The van der Waals surface area contributed by atoms with Crippen LogP contribution >= 0.6 is 0 Å². The van der Waals surface area contributed by atoms with Crippen LogP contribution in [0.4, 0.5) is 5.82 Å². The Kier molecular flexibility index (Phi) is 5.72. The monoisotopic (exact) mass is 294 g/mol. The molecule has 3 rings (SSSR count). The van der Waals surface area contributed by atoms with Gasteiger partial charge in [0.1, 0.15) is 5.82 Å². The van der Waals surface area contributed by atoms with E-state index in [9.17, 15) is 0 Å². The summed E-state index contributed by atoms with van der Waals surface area (Å²) in [6, 6.07) is 14.2. The van der Waals surface area contributed by atoms with Crippen molar-refractivity contribution in [1.29, 1.82) is 0 Å². The van der Waals surface area contributed by atoms with Crippen molar-refractivity contribution in [1.82, 2.24) is 14.8 Å². The van der Waals surface area contributed by atoms with Gasteiger partial charge in [-0.1, -0.05) is 32.4 Å². The van der Waals surface area contributed by atoms with Crippen LogP contribution in [0.2, 0.25) is 0 Å². The highest BCUT2D eigenvalue weighted by Gasteiger charge is 2.02. The summed E-state index contributed by atoms with van der Waals surface area (Å²) in [5.41, 5.74) is 3.32. The topological polar surface area (TPSA) is 42.7 Å². The third kappa shape index (κ3) is 3.95. The molecule has 114 valence electrons. The van der Waals surface area contributed by atoms with Gasteiger partial charge in [0.25, 0.3) is 0 Å². The van der Waals surface area contributed by atoms with Crippen LogP contribution in [-0.2, 0) is 0 Å². The minimum Gasteiger partial charge on any atom is -0.373 e. The Morgan fingerprint density at radius 1 is 1.00 bits per heavy atom. The molecule has 2 aromatic heterocycles. The smallest absolute Gasteiger partial charge is 0.126 e. The van der Waals surface area contributed by atoms with Crippen molar-refractivity contribution >= 4 is 5.82 Å². The predicted molar refractivity (Wildman–Crippen MR) is 92.3 cm³/mol. The summed E-state index contributed by atoms with van der Waals surface area (Å²) in [5.74, 6) is 0.863. The standard InChI is InChI=1S/C15H14N4.C3H8/c1-16-15-11-13(6-8-17-15)12-4-2-5-14(10-12)19-9-3-7-18-19;1-3-2/h2-11H,1H3,(H,16,17);3H2,1-2H3. The van der Waals surface area contributed by atoms with Crippen molar-refractivity contribution in [3.63, 3.8) is 0 Å². The highest BCUT2D eigenvalue weighted by Crippen LogP contribution is 2.23. The lowest BCUT2D eigenvalue weighted by Crippen LogP contribution is -1.95. The predicted octanol–water partition coefficient (Wildman–Crippen LogP) is 4.39.